The van der Waals surface area contributed by atoms with Gasteiger partial charge in [0.2, 0.25) is 0 Å². The number of aryl methyl sites for hydroxylation is 1. The lowest BCUT2D eigenvalue weighted by Crippen LogP contribution is -2.45. The molecule has 100 valence electrons. The maximum Gasteiger partial charge on any atom is 0.105 e. The molecule has 2 aliphatic rings. The lowest BCUT2D eigenvalue weighted by molar-refractivity contribution is -0.0306. The maximum absolute atomic E-state index is 10.8. The summed E-state index contributed by atoms with van der Waals surface area (Å²) in [5, 5.41) is 15.0. The summed E-state index contributed by atoms with van der Waals surface area (Å²) in [6.45, 7) is 3.24. The Hall–Kier alpha value is -0.910. The van der Waals surface area contributed by atoms with Crippen LogP contribution in [0.3, 0.4) is 0 Å². The van der Waals surface area contributed by atoms with Crippen molar-refractivity contribution in [1.82, 2.24) is 9.78 Å². The van der Waals surface area contributed by atoms with Crippen LogP contribution in [0.2, 0.25) is 0 Å². The normalized spacial score (nSPS) is 36.2. The molecule has 2 saturated heterocycles. The predicted octanol–water partition coefficient (Wildman–Crippen LogP) is 0.833. The highest BCUT2D eigenvalue weighted by atomic mass is 16.5. The molecule has 18 heavy (non-hydrogen) atoms. The molecule has 5 nitrogen and oxygen atoms in total. The minimum atomic E-state index is -0.583. The van der Waals surface area contributed by atoms with Gasteiger partial charge in [0.25, 0.3) is 0 Å². The van der Waals surface area contributed by atoms with E-state index < -0.39 is 6.10 Å². The van der Waals surface area contributed by atoms with Gasteiger partial charge in [-0.15, -0.1) is 0 Å². The Morgan fingerprint density at radius 1 is 1.67 bits per heavy atom. The molecule has 2 fully saturated rings. The van der Waals surface area contributed by atoms with E-state index in [1.807, 2.05) is 17.7 Å². The SMILES string of the molecule is CCn1nccc1C(O)C1(CN)CC2CCC1O2. The van der Waals surface area contributed by atoms with E-state index in [0.717, 1.165) is 31.5 Å². The number of ether oxygens (including phenoxy) is 1. The third-order valence-corrected chi connectivity index (χ3v) is 4.61. The monoisotopic (exact) mass is 251 g/mol. The molecule has 4 atom stereocenters. The van der Waals surface area contributed by atoms with Crippen molar-refractivity contribution < 1.29 is 9.84 Å². The average molecular weight is 251 g/mol. The number of hydrogen-bond donors (Lipinski definition) is 2. The summed E-state index contributed by atoms with van der Waals surface area (Å²) in [5.41, 5.74) is 6.52. The minimum Gasteiger partial charge on any atom is -0.386 e. The molecule has 3 heterocycles. The van der Waals surface area contributed by atoms with Crippen molar-refractivity contribution in [2.75, 3.05) is 6.54 Å². The summed E-state index contributed by atoms with van der Waals surface area (Å²) in [7, 11) is 0. The predicted molar refractivity (Wildman–Crippen MR) is 66.9 cm³/mol. The summed E-state index contributed by atoms with van der Waals surface area (Å²) >= 11 is 0. The first-order valence-electron chi connectivity index (χ1n) is 6.76. The van der Waals surface area contributed by atoms with Gasteiger partial charge in [0.15, 0.2) is 0 Å². The second-order valence-corrected chi connectivity index (χ2v) is 5.44. The third-order valence-electron chi connectivity index (χ3n) is 4.61. The lowest BCUT2D eigenvalue weighted by atomic mass is 9.69. The first kappa shape index (κ1) is 12.1. The highest BCUT2D eigenvalue weighted by Crippen LogP contribution is 2.53. The molecule has 1 aromatic rings. The van der Waals surface area contributed by atoms with E-state index in [2.05, 4.69) is 5.10 Å². The molecule has 2 bridgehead atoms. The maximum atomic E-state index is 10.8. The van der Waals surface area contributed by atoms with E-state index in [1.165, 1.54) is 0 Å². The van der Waals surface area contributed by atoms with Gasteiger partial charge in [0.05, 0.1) is 17.9 Å². The van der Waals surface area contributed by atoms with Gasteiger partial charge in [-0.25, -0.2) is 0 Å². The summed E-state index contributed by atoms with van der Waals surface area (Å²) in [6.07, 6.45) is 4.52. The Balaban J connectivity index is 1.93. The van der Waals surface area contributed by atoms with E-state index in [1.54, 1.807) is 6.20 Å². The Bertz CT molecular complexity index is 434. The summed E-state index contributed by atoms with van der Waals surface area (Å²) in [6, 6.07) is 1.89. The number of aliphatic hydroxyl groups is 1. The van der Waals surface area contributed by atoms with E-state index in [4.69, 9.17) is 10.5 Å². The van der Waals surface area contributed by atoms with Gasteiger partial charge in [-0.3, -0.25) is 4.68 Å². The molecular formula is C13H21N3O2. The van der Waals surface area contributed by atoms with E-state index >= 15 is 0 Å². The number of fused-ring (bicyclic) bond motifs is 2. The number of aliphatic hydroxyl groups excluding tert-OH is 1. The van der Waals surface area contributed by atoms with E-state index in [-0.39, 0.29) is 17.6 Å². The minimum absolute atomic E-state index is 0.0997. The summed E-state index contributed by atoms with van der Waals surface area (Å²) in [4.78, 5) is 0. The van der Waals surface area contributed by atoms with Gasteiger partial charge >= 0.3 is 0 Å². The van der Waals surface area contributed by atoms with Gasteiger partial charge in [0, 0.05) is 24.7 Å². The average Bonchev–Trinajstić information content (AvgIpc) is 3.11. The molecule has 0 radical (unpaired) electrons. The number of nitrogens with two attached hydrogens (primary N) is 1. The van der Waals surface area contributed by atoms with Crippen LogP contribution in [0.25, 0.3) is 0 Å². The number of rotatable bonds is 4. The van der Waals surface area contributed by atoms with Crippen LogP contribution in [0.4, 0.5) is 0 Å². The summed E-state index contributed by atoms with van der Waals surface area (Å²) in [5.74, 6) is 0. The highest BCUT2D eigenvalue weighted by molar-refractivity contribution is 5.15. The number of hydrogen-bond acceptors (Lipinski definition) is 4. The fourth-order valence-corrected chi connectivity index (χ4v) is 3.58. The zero-order valence-corrected chi connectivity index (χ0v) is 10.7. The fourth-order valence-electron chi connectivity index (χ4n) is 3.58. The molecule has 3 N–H and O–H groups in total. The zero-order chi connectivity index (χ0) is 12.8. The van der Waals surface area contributed by atoms with Crippen molar-refractivity contribution >= 4 is 0 Å². The molecular weight excluding hydrogens is 230 g/mol. The third kappa shape index (κ3) is 1.54. The van der Waals surface area contributed by atoms with Crippen LogP contribution in [0.15, 0.2) is 12.3 Å². The van der Waals surface area contributed by atoms with Crippen molar-refractivity contribution in [2.24, 2.45) is 11.1 Å². The topological polar surface area (TPSA) is 73.3 Å². The van der Waals surface area contributed by atoms with Crippen molar-refractivity contribution in [3.8, 4) is 0 Å². The molecule has 3 rings (SSSR count). The van der Waals surface area contributed by atoms with Crippen molar-refractivity contribution in [3.05, 3.63) is 18.0 Å². The molecule has 0 saturated carbocycles. The van der Waals surface area contributed by atoms with E-state index in [0.29, 0.717) is 6.54 Å². The molecule has 0 aliphatic carbocycles. The van der Waals surface area contributed by atoms with Gasteiger partial charge in [-0.1, -0.05) is 0 Å². The zero-order valence-electron chi connectivity index (χ0n) is 10.7. The van der Waals surface area contributed by atoms with Crippen LogP contribution in [-0.2, 0) is 11.3 Å². The number of nitrogens with zero attached hydrogens (tertiary/aromatic N) is 2. The largest absolute Gasteiger partial charge is 0.386 e. The lowest BCUT2D eigenvalue weighted by Gasteiger charge is -2.38. The molecule has 2 aliphatic heterocycles. The number of aromatic nitrogens is 2. The van der Waals surface area contributed by atoms with Crippen molar-refractivity contribution in [3.63, 3.8) is 0 Å². The second-order valence-electron chi connectivity index (χ2n) is 5.44. The molecule has 5 heteroatoms. The van der Waals surface area contributed by atoms with Crippen LogP contribution >= 0.6 is 0 Å². The molecule has 0 spiro atoms. The standard InChI is InChI=1S/C13H21N3O2/c1-2-16-10(5-6-15-16)12(17)13(8-14)7-9-3-4-11(13)18-9/h5-6,9,11-12,17H,2-4,7-8,14H2,1H3. The van der Waals surface area contributed by atoms with E-state index in [9.17, 15) is 5.11 Å². The quantitative estimate of drug-likeness (QED) is 0.831. The smallest absolute Gasteiger partial charge is 0.105 e. The van der Waals surface area contributed by atoms with Crippen LogP contribution in [0, 0.1) is 5.41 Å². The first-order chi connectivity index (χ1) is 8.71. The second kappa shape index (κ2) is 4.33. The Labute approximate surface area is 107 Å². The molecule has 0 aromatic carbocycles. The van der Waals surface area contributed by atoms with Gasteiger partial charge in [-0.2, -0.15) is 5.10 Å². The van der Waals surface area contributed by atoms with Crippen LogP contribution in [-0.4, -0.2) is 33.6 Å². The summed E-state index contributed by atoms with van der Waals surface area (Å²) < 4.78 is 7.74. The van der Waals surface area contributed by atoms with Crippen molar-refractivity contribution in [1.29, 1.82) is 0 Å². The Morgan fingerprint density at radius 2 is 2.50 bits per heavy atom. The van der Waals surface area contributed by atoms with Crippen LogP contribution in [0.1, 0.15) is 38.0 Å². The highest BCUT2D eigenvalue weighted by Gasteiger charge is 2.56. The fraction of sp³-hybridized carbons (Fsp3) is 0.769. The van der Waals surface area contributed by atoms with Gasteiger partial charge < -0.3 is 15.6 Å². The van der Waals surface area contributed by atoms with Gasteiger partial charge in [0.1, 0.15) is 6.10 Å². The van der Waals surface area contributed by atoms with Crippen LogP contribution in [0.5, 0.6) is 0 Å². The molecule has 1 aromatic heterocycles. The Kier molecular flexibility index (Phi) is 2.92. The van der Waals surface area contributed by atoms with Gasteiger partial charge in [-0.05, 0) is 32.3 Å². The first-order valence-corrected chi connectivity index (χ1v) is 6.76. The molecule has 0 amide bonds. The van der Waals surface area contributed by atoms with Crippen LogP contribution < -0.4 is 5.73 Å². The Morgan fingerprint density at radius 3 is 3.06 bits per heavy atom. The van der Waals surface area contributed by atoms with Crippen molar-refractivity contribution in [2.45, 2.75) is 51.0 Å². The molecule has 4 unspecified atom stereocenters.